The summed E-state index contributed by atoms with van der Waals surface area (Å²) in [7, 11) is -3.09. The number of benzene rings is 1. The van der Waals surface area contributed by atoms with Crippen LogP contribution < -0.4 is 5.32 Å². The standard InChI is InChI=1S/C19H23N3O5S/c1-28(24,25)22-7-6-14(17-9-18(17)22)8-13-2-4-15(5-3-13)21-19(23)26-11-16-10-20-12-27-16/h2-5,10,12,14,17-18H,6-9,11H2,1H3,(H,21,23). The Balaban J connectivity index is 1.27. The molecule has 2 fully saturated rings. The third-order valence-corrected chi connectivity index (χ3v) is 6.76. The highest BCUT2D eigenvalue weighted by atomic mass is 32.2. The monoisotopic (exact) mass is 405 g/mol. The molecule has 1 saturated carbocycles. The smallest absolute Gasteiger partial charge is 0.412 e. The zero-order chi connectivity index (χ0) is 19.7. The summed E-state index contributed by atoms with van der Waals surface area (Å²) in [5.74, 6) is 1.45. The van der Waals surface area contributed by atoms with Gasteiger partial charge in [-0.3, -0.25) is 5.32 Å². The molecule has 3 unspecified atom stereocenters. The summed E-state index contributed by atoms with van der Waals surface area (Å²) >= 11 is 0. The molecule has 28 heavy (non-hydrogen) atoms. The first-order valence-corrected chi connectivity index (χ1v) is 11.1. The molecule has 2 heterocycles. The molecule has 0 bridgehead atoms. The van der Waals surface area contributed by atoms with Crippen LogP contribution in [0.5, 0.6) is 0 Å². The number of carbonyl (C=O) groups excluding carboxylic acids is 1. The summed E-state index contributed by atoms with van der Waals surface area (Å²) in [6.07, 6.45) is 6.30. The molecule has 0 spiro atoms. The van der Waals surface area contributed by atoms with Gasteiger partial charge in [-0.05, 0) is 48.8 Å². The van der Waals surface area contributed by atoms with Crippen LogP contribution in [0.25, 0.3) is 0 Å². The first-order valence-electron chi connectivity index (χ1n) is 9.27. The Morgan fingerprint density at radius 1 is 1.36 bits per heavy atom. The molecular weight excluding hydrogens is 382 g/mol. The highest BCUT2D eigenvalue weighted by Crippen LogP contribution is 2.48. The molecule has 1 saturated heterocycles. The van der Waals surface area contributed by atoms with E-state index in [9.17, 15) is 13.2 Å². The Bertz CT molecular complexity index is 927. The number of nitrogens with one attached hydrogen (secondary N) is 1. The van der Waals surface area contributed by atoms with Gasteiger partial charge in [-0.25, -0.2) is 18.2 Å². The van der Waals surface area contributed by atoms with E-state index in [1.165, 1.54) is 24.4 Å². The lowest BCUT2D eigenvalue weighted by Gasteiger charge is -2.29. The van der Waals surface area contributed by atoms with Crippen molar-refractivity contribution in [3.8, 4) is 0 Å². The van der Waals surface area contributed by atoms with E-state index in [2.05, 4.69) is 10.3 Å². The van der Waals surface area contributed by atoms with Gasteiger partial charge in [0.2, 0.25) is 10.0 Å². The molecule has 150 valence electrons. The number of anilines is 1. The lowest BCUT2D eigenvalue weighted by molar-refractivity contribution is 0.146. The van der Waals surface area contributed by atoms with Gasteiger partial charge in [0.25, 0.3) is 0 Å². The summed E-state index contributed by atoms with van der Waals surface area (Å²) in [5.41, 5.74) is 1.84. The van der Waals surface area contributed by atoms with Crippen LogP contribution in [0.1, 0.15) is 24.2 Å². The van der Waals surface area contributed by atoms with Crippen molar-refractivity contribution in [2.45, 2.75) is 31.9 Å². The van der Waals surface area contributed by atoms with Crippen molar-refractivity contribution in [1.29, 1.82) is 0 Å². The third kappa shape index (κ3) is 4.36. The fourth-order valence-electron chi connectivity index (χ4n) is 4.01. The number of aromatic nitrogens is 1. The van der Waals surface area contributed by atoms with E-state index in [0.717, 1.165) is 19.3 Å². The summed E-state index contributed by atoms with van der Waals surface area (Å²) in [6, 6.07) is 7.87. The number of carbonyl (C=O) groups is 1. The van der Waals surface area contributed by atoms with Gasteiger partial charge in [-0.2, -0.15) is 4.31 Å². The average molecular weight is 405 g/mol. The summed E-state index contributed by atoms with van der Waals surface area (Å²) < 4.78 is 35.3. The van der Waals surface area contributed by atoms with Gasteiger partial charge < -0.3 is 9.15 Å². The van der Waals surface area contributed by atoms with Crippen molar-refractivity contribution in [3.63, 3.8) is 0 Å². The van der Waals surface area contributed by atoms with Crippen molar-refractivity contribution in [3.05, 3.63) is 48.2 Å². The molecule has 9 heteroatoms. The number of rotatable bonds is 6. The number of nitrogens with zero attached hydrogens (tertiary/aromatic N) is 2. The van der Waals surface area contributed by atoms with Crippen LogP contribution in [0, 0.1) is 11.8 Å². The number of piperidine rings is 1. The lowest BCUT2D eigenvalue weighted by Crippen LogP contribution is -2.39. The fourth-order valence-corrected chi connectivity index (χ4v) is 5.18. The minimum atomic E-state index is -3.09. The van der Waals surface area contributed by atoms with Crippen molar-refractivity contribution in [1.82, 2.24) is 9.29 Å². The predicted molar refractivity (Wildman–Crippen MR) is 102 cm³/mol. The van der Waals surface area contributed by atoms with Crippen molar-refractivity contribution >= 4 is 21.8 Å². The van der Waals surface area contributed by atoms with E-state index in [1.807, 2.05) is 24.3 Å². The van der Waals surface area contributed by atoms with Crippen molar-refractivity contribution in [2.75, 3.05) is 18.1 Å². The van der Waals surface area contributed by atoms with Crippen LogP contribution in [0.15, 0.2) is 41.3 Å². The molecule has 8 nitrogen and oxygen atoms in total. The topological polar surface area (TPSA) is 102 Å². The first kappa shape index (κ1) is 18.9. The number of hydrogen-bond acceptors (Lipinski definition) is 6. The zero-order valence-corrected chi connectivity index (χ0v) is 16.4. The summed E-state index contributed by atoms with van der Waals surface area (Å²) in [4.78, 5) is 15.6. The second-order valence-corrected chi connectivity index (χ2v) is 9.39. The molecular formula is C19H23N3O5S. The second-order valence-electron chi connectivity index (χ2n) is 7.46. The molecule has 2 aliphatic rings. The van der Waals surface area contributed by atoms with Crippen molar-refractivity contribution in [2.24, 2.45) is 11.8 Å². The second kappa shape index (κ2) is 7.56. The highest BCUT2D eigenvalue weighted by molar-refractivity contribution is 7.88. The molecule has 1 N–H and O–H groups in total. The molecule has 1 aromatic carbocycles. The Hall–Kier alpha value is -2.39. The lowest BCUT2D eigenvalue weighted by atomic mass is 9.89. The van der Waals surface area contributed by atoms with Gasteiger partial charge in [-0.1, -0.05) is 12.1 Å². The fraction of sp³-hybridized carbons (Fsp3) is 0.474. The maximum absolute atomic E-state index is 11.8. The van der Waals surface area contributed by atoms with Gasteiger partial charge in [0.15, 0.2) is 18.8 Å². The maximum atomic E-state index is 11.8. The van der Waals surface area contributed by atoms with Crippen LogP contribution in [-0.2, 0) is 27.8 Å². The molecule has 3 atom stereocenters. The van der Waals surface area contributed by atoms with Crippen molar-refractivity contribution < 1.29 is 22.4 Å². The summed E-state index contributed by atoms with van der Waals surface area (Å²) in [6.45, 7) is 0.639. The van der Waals surface area contributed by atoms with Crippen LogP contribution in [0.2, 0.25) is 0 Å². The van der Waals surface area contributed by atoms with Gasteiger partial charge >= 0.3 is 6.09 Å². The Kier molecular flexibility index (Phi) is 5.11. The molecule has 2 aromatic rings. The Morgan fingerprint density at radius 3 is 2.82 bits per heavy atom. The van der Waals surface area contributed by atoms with E-state index in [0.29, 0.717) is 29.8 Å². The van der Waals surface area contributed by atoms with E-state index in [1.54, 1.807) is 4.31 Å². The van der Waals surface area contributed by atoms with Gasteiger partial charge in [0, 0.05) is 18.3 Å². The highest BCUT2D eigenvalue weighted by Gasteiger charge is 2.52. The van der Waals surface area contributed by atoms with E-state index in [-0.39, 0.29) is 12.6 Å². The molecule has 1 aliphatic carbocycles. The van der Waals surface area contributed by atoms with E-state index >= 15 is 0 Å². The zero-order valence-electron chi connectivity index (χ0n) is 15.6. The molecule has 1 aliphatic heterocycles. The average Bonchev–Trinajstić information content (AvgIpc) is 3.28. The number of amides is 1. The van der Waals surface area contributed by atoms with Gasteiger partial charge in [-0.15, -0.1) is 0 Å². The van der Waals surface area contributed by atoms with E-state index in [4.69, 9.17) is 9.15 Å². The van der Waals surface area contributed by atoms with E-state index < -0.39 is 16.1 Å². The van der Waals surface area contributed by atoms with Crippen LogP contribution >= 0.6 is 0 Å². The number of hydrogen-bond donors (Lipinski definition) is 1. The molecule has 1 aromatic heterocycles. The SMILES string of the molecule is CS(=O)(=O)N1CCC(Cc2ccc(NC(=O)OCc3cnco3)cc2)C2CC21. The summed E-state index contributed by atoms with van der Waals surface area (Å²) in [5, 5.41) is 2.68. The molecule has 0 radical (unpaired) electrons. The van der Waals surface area contributed by atoms with Gasteiger partial charge in [0.1, 0.15) is 0 Å². The Morgan fingerprint density at radius 2 is 2.14 bits per heavy atom. The first-order chi connectivity index (χ1) is 13.4. The number of sulfonamides is 1. The maximum Gasteiger partial charge on any atom is 0.412 e. The number of ether oxygens (including phenoxy) is 1. The molecule has 1 amide bonds. The number of oxazole rings is 1. The minimum Gasteiger partial charge on any atom is -0.445 e. The van der Waals surface area contributed by atoms with Crippen LogP contribution in [0.4, 0.5) is 10.5 Å². The Labute approximate surface area is 163 Å². The number of fused-ring (bicyclic) bond motifs is 1. The minimum absolute atomic E-state index is 0.0264. The third-order valence-electron chi connectivity index (χ3n) is 5.45. The normalized spacial score (nSPS) is 24.4. The van der Waals surface area contributed by atoms with Crippen LogP contribution in [-0.4, -0.2) is 42.6 Å². The predicted octanol–water partition coefficient (Wildman–Crippen LogP) is 2.64. The quantitative estimate of drug-likeness (QED) is 0.793. The largest absolute Gasteiger partial charge is 0.445 e. The molecule has 4 rings (SSSR count). The van der Waals surface area contributed by atoms with Gasteiger partial charge in [0.05, 0.1) is 12.5 Å². The van der Waals surface area contributed by atoms with Crippen LogP contribution in [0.3, 0.4) is 0 Å².